The fourth-order valence-electron chi connectivity index (χ4n) is 2.49. The smallest absolute Gasteiger partial charge is 0.239 e. The highest BCUT2D eigenvalue weighted by Gasteiger charge is 2.24. The third kappa shape index (κ3) is 5.91. The molecule has 112 valence electrons. The summed E-state index contributed by atoms with van der Waals surface area (Å²) in [6.07, 6.45) is 4.79. The van der Waals surface area contributed by atoms with Crippen molar-refractivity contribution >= 4 is 5.91 Å². The molecular weight excluding hydrogens is 240 g/mol. The molecule has 1 atom stereocenters. The minimum atomic E-state index is -0.220. The van der Waals surface area contributed by atoms with Crippen LogP contribution in [0.3, 0.4) is 0 Å². The number of hydrogen-bond donors (Lipinski definition) is 1. The van der Waals surface area contributed by atoms with Gasteiger partial charge in [-0.2, -0.15) is 0 Å². The number of ether oxygens (including phenoxy) is 1. The highest BCUT2D eigenvalue weighted by atomic mass is 16.5. The standard InChI is InChI=1S/C15H30N2O2/c1-5-19-15(3,4)12-16-13(2)14(18)17-10-8-6-7-9-11-17/h13,16H,5-12H2,1-4H3. The number of likely N-dealkylation sites (tertiary alicyclic amines) is 1. The lowest BCUT2D eigenvalue weighted by molar-refractivity contribution is -0.133. The maximum absolute atomic E-state index is 12.3. The minimum absolute atomic E-state index is 0.127. The molecule has 1 rings (SSSR count). The molecule has 0 aromatic heterocycles. The third-order valence-electron chi connectivity index (χ3n) is 3.66. The molecule has 4 heteroatoms. The van der Waals surface area contributed by atoms with E-state index in [2.05, 4.69) is 5.32 Å². The molecule has 1 amide bonds. The van der Waals surface area contributed by atoms with Crippen molar-refractivity contribution in [3.63, 3.8) is 0 Å². The first-order valence-corrected chi connectivity index (χ1v) is 7.62. The Kier molecular flexibility index (Phi) is 6.80. The minimum Gasteiger partial charge on any atom is -0.375 e. The van der Waals surface area contributed by atoms with Gasteiger partial charge in [0.15, 0.2) is 0 Å². The number of nitrogens with one attached hydrogen (secondary N) is 1. The van der Waals surface area contributed by atoms with Crippen molar-refractivity contribution < 1.29 is 9.53 Å². The van der Waals surface area contributed by atoms with E-state index in [1.54, 1.807) is 0 Å². The monoisotopic (exact) mass is 270 g/mol. The quantitative estimate of drug-likeness (QED) is 0.804. The molecule has 0 bridgehead atoms. The molecule has 19 heavy (non-hydrogen) atoms. The number of hydrogen-bond acceptors (Lipinski definition) is 3. The number of carbonyl (C=O) groups excluding carboxylic acids is 1. The van der Waals surface area contributed by atoms with Gasteiger partial charge in [0.25, 0.3) is 0 Å². The van der Waals surface area contributed by atoms with E-state index in [4.69, 9.17) is 4.74 Å². The highest BCUT2D eigenvalue weighted by molar-refractivity contribution is 5.81. The lowest BCUT2D eigenvalue weighted by atomic mass is 10.1. The fraction of sp³-hybridized carbons (Fsp3) is 0.933. The maximum atomic E-state index is 12.3. The van der Waals surface area contributed by atoms with Crippen molar-refractivity contribution in [1.82, 2.24) is 10.2 Å². The van der Waals surface area contributed by atoms with Crippen molar-refractivity contribution in [3.05, 3.63) is 0 Å². The Labute approximate surface area is 117 Å². The molecule has 1 N–H and O–H groups in total. The predicted octanol–water partition coefficient (Wildman–Crippen LogP) is 2.18. The number of nitrogens with zero attached hydrogens (tertiary/aromatic N) is 1. The molecule has 4 nitrogen and oxygen atoms in total. The van der Waals surface area contributed by atoms with Crippen LogP contribution in [-0.4, -0.2) is 48.7 Å². The van der Waals surface area contributed by atoms with Gasteiger partial charge in [-0.1, -0.05) is 12.8 Å². The van der Waals surface area contributed by atoms with E-state index in [-0.39, 0.29) is 17.6 Å². The summed E-state index contributed by atoms with van der Waals surface area (Å²) in [6, 6.07) is -0.127. The van der Waals surface area contributed by atoms with Gasteiger partial charge in [0.2, 0.25) is 5.91 Å². The summed E-state index contributed by atoms with van der Waals surface area (Å²) >= 11 is 0. The predicted molar refractivity (Wildman–Crippen MR) is 78.2 cm³/mol. The van der Waals surface area contributed by atoms with E-state index in [1.165, 1.54) is 12.8 Å². The molecule has 1 saturated heterocycles. The van der Waals surface area contributed by atoms with Crippen LogP contribution in [0.5, 0.6) is 0 Å². The summed E-state index contributed by atoms with van der Waals surface area (Å²) in [4.78, 5) is 14.4. The van der Waals surface area contributed by atoms with Gasteiger partial charge >= 0.3 is 0 Å². The van der Waals surface area contributed by atoms with Crippen LogP contribution in [0.15, 0.2) is 0 Å². The number of amides is 1. The molecule has 1 aliphatic heterocycles. The largest absolute Gasteiger partial charge is 0.375 e. The van der Waals surface area contributed by atoms with Crippen LogP contribution in [0.2, 0.25) is 0 Å². The van der Waals surface area contributed by atoms with Crippen LogP contribution in [0.4, 0.5) is 0 Å². The van der Waals surface area contributed by atoms with Crippen molar-refractivity contribution in [2.24, 2.45) is 0 Å². The molecule has 0 radical (unpaired) electrons. The Morgan fingerprint density at radius 3 is 2.37 bits per heavy atom. The van der Waals surface area contributed by atoms with Gasteiger partial charge in [0, 0.05) is 26.2 Å². The molecular formula is C15H30N2O2. The summed E-state index contributed by atoms with van der Waals surface area (Å²) in [5.41, 5.74) is -0.220. The van der Waals surface area contributed by atoms with E-state index in [0.717, 1.165) is 25.9 Å². The fourth-order valence-corrected chi connectivity index (χ4v) is 2.49. The van der Waals surface area contributed by atoms with Gasteiger partial charge in [0.05, 0.1) is 11.6 Å². The van der Waals surface area contributed by atoms with Crippen LogP contribution in [-0.2, 0) is 9.53 Å². The summed E-state index contributed by atoms with van der Waals surface area (Å²) < 4.78 is 5.64. The maximum Gasteiger partial charge on any atom is 0.239 e. The van der Waals surface area contributed by atoms with Crippen molar-refractivity contribution in [1.29, 1.82) is 0 Å². The SMILES string of the molecule is CCOC(C)(C)CNC(C)C(=O)N1CCCCCC1. The Hall–Kier alpha value is -0.610. The second-order valence-electron chi connectivity index (χ2n) is 6.03. The first-order valence-electron chi connectivity index (χ1n) is 7.62. The van der Waals surface area contributed by atoms with E-state index in [9.17, 15) is 4.79 Å². The Morgan fingerprint density at radius 2 is 1.84 bits per heavy atom. The van der Waals surface area contributed by atoms with E-state index < -0.39 is 0 Å². The topological polar surface area (TPSA) is 41.6 Å². The molecule has 0 aromatic rings. The molecule has 1 fully saturated rings. The Balaban J connectivity index is 2.39. The Bertz CT molecular complexity index is 271. The van der Waals surface area contributed by atoms with E-state index in [1.807, 2.05) is 32.6 Å². The van der Waals surface area contributed by atoms with Gasteiger partial charge in [-0.3, -0.25) is 4.79 Å². The Morgan fingerprint density at radius 1 is 1.26 bits per heavy atom. The van der Waals surface area contributed by atoms with Crippen LogP contribution in [0.1, 0.15) is 53.4 Å². The number of carbonyl (C=O) groups is 1. The van der Waals surface area contributed by atoms with Gasteiger partial charge in [-0.05, 0) is 40.5 Å². The normalized spacial score (nSPS) is 19.1. The molecule has 1 aliphatic rings. The average molecular weight is 270 g/mol. The van der Waals surface area contributed by atoms with Gasteiger partial charge in [-0.15, -0.1) is 0 Å². The van der Waals surface area contributed by atoms with Crippen LogP contribution in [0, 0.1) is 0 Å². The zero-order valence-corrected chi connectivity index (χ0v) is 13.0. The van der Waals surface area contributed by atoms with Crippen molar-refractivity contribution in [2.45, 2.75) is 65.0 Å². The van der Waals surface area contributed by atoms with Crippen molar-refractivity contribution in [2.75, 3.05) is 26.2 Å². The molecule has 0 saturated carbocycles. The third-order valence-corrected chi connectivity index (χ3v) is 3.66. The highest BCUT2D eigenvalue weighted by Crippen LogP contribution is 2.12. The van der Waals surface area contributed by atoms with Crippen LogP contribution in [0.25, 0.3) is 0 Å². The summed E-state index contributed by atoms with van der Waals surface area (Å²) in [6.45, 7) is 11.3. The van der Waals surface area contributed by atoms with Gasteiger partial charge < -0.3 is 15.0 Å². The van der Waals surface area contributed by atoms with Crippen LogP contribution >= 0.6 is 0 Å². The summed E-state index contributed by atoms with van der Waals surface area (Å²) in [7, 11) is 0. The summed E-state index contributed by atoms with van der Waals surface area (Å²) in [5, 5.41) is 3.31. The summed E-state index contributed by atoms with van der Waals surface area (Å²) in [5.74, 6) is 0.231. The number of rotatable bonds is 6. The average Bonchev–Trinajstić information content (AvgIpc) is 2.64. The van der Waals surface area contributed by atoms with Crippen molar-refractivity contribution in [3.8, 4) is 0 Å². The molecule has 0 aromatic carbocycles. The first kappa shape index (κ1) is 16.4. The molecule has 1 heterocycles. The lowest BCUT2D eigenvalue weighted by Crippen LogP contribution is -2.49. The van der Waals surface area contributed by atoms with Gasteiger partial charge in [-0.25, -0.2) is 0 Å². The molecule has 0 spiro atoms. The second-order valence-corrected chi connectivity index (χ2v) is 6.03. The van der Waals surface area contributed by atoms with Crippen LogP contribution < -0.4 is 5.32 Å². The second kappa shape index (κ2) is 7.85. The zero-order valence-electron chi connectivity index (χ0n) is 13.0. The molecule has 0 aliphatic carbocycles. The zero-order chi connectivity index (χ0) is 14.3. The van der Waals surface area contributed by atoms with E-state index >= 15 is 0 Å². The molecule has 1 unspecified atom stereocenters. The van der Waals surface area contributed by atoms with Gasteiger partial charge in [0.1, 0.15) is 0 Å². The lowest BCUT2D eigenvalue weighted by Gasteiger charge is -2.29. The first-order chi connectivity index (χ1) is 8.96. The van der Waals surface area contributed by atoms with E-state index in [0.29, 0.717) is 13.2 Å².